The lowest BCUT2D eigenvalue weighted by molar-refractivity contribution is 0.0744. The minimum absolute atomic E-state index is 0.0611. The molecule has 1 aromatic heterocycles. The quantitative estimate of drug-likeness (QED) is 0.745. The predicted molar refractivity (Wildman–Crippen MR) is 95.1 cm³/mol. The average molecular weight is 338 g/mol. The highest BCUT2D eigenvalue weighted by atomic mass is 32.1. The zero-order chi connectivity index (χ0) is 16.8. The van der Waals surface area contributed by atoms with Crippen molar-refractivity contribution in [3.63, 3.8) is 0 Å². The van der Waals surface area contributed by atoms with Gasteiger partial charge in [0.05, 0.1) is 0 Å². The number of carbonyl (C=O) groups is 1. The molecule has 4 nitrogen and oxygen atoms in total. The second-order valence-corrected chi connectivity index (χ2v) is 6.36. The van der Waals surface area contributed by atoms with Crippen LogP contribution in [-0.2, 0) is 13.0 Å². The molecular formula is C19H18N2O2S. The minimum Gasteiger partial charge on any atom is -0.508 e. The lowest BCUT2D eigenvalue weighted by atomic mass is 10.1. The normalized spacial score (nSPS) is 10.5. The van der Waals surface area contributed by atoms with Gasteiger partial charge in [-0.2, -0.15) is 0 Å². The summed E-state index contributed by atoms with van der Waals surface area (Å²) in [4.78, 5) is 18.7. The Morgan fingerprint density at radius 1 is 1.04 bits per heavy atom. The molecule has 0 fully saturated rings. The van der Waals surface area contributed by atoms with Crippen LogP contribution in [0.1, 0.15) is 20.9 Å². The van der Waals surface area contributed by atoms with Gasteiger partial charge in [-0.25, -0.2) is 4.98 Å². The third-order valence-corrected chi connectivity index (χ3v) is 4.49. The molecule has 0 unspecified atom stereocenters. The molecule has 24 heavy (non-hydrogen) atoms. The summed E-state index contributed by atoms with van der Waals surface area (Å²) in [6.07, 6.45) is 2.43. The van der Waals surface area contributed by atoms with Crippen LogP contribution in [0.2, 0.25) is 0 Å². The first-order valence-electron chi connectivity index (χ1n) is 7.73. The van der Waals surface area contributed by atoms with Crippen LogP contribution >= 0.6 is 11.3 Å². The van der Waals surface area contributed by atoms with Crippen molar-refractivity contribution >= 4 is 17.2 Å². The largest absolute Gasteiger partial charge is 0.508 e. The molecule has 1 N–H and O–H groups in total. The third kappa shape index (κ3) is 4.20. The summed E-state index contributed by atoms with van der Waals surface area (Å²) in [7, 11) is 0. The summed E-state index contributed by atoms with van der Waals surface area (Å²) in [5, 5.41) is 11.7. The number of hydrogen-bond acceptors (Lipinski definition) is 4. The standard InChI is InChI=1S/C19H18N2O2S/c22-17-8-6-16(7-9-17)14-21(19(23)18-20-11-13-24-18)12-10-15-4-2-1-3-5-15/h1-9,11,13,22H,10,12,14H2. The predicted octanol–water partition coefficient (Wildman–Crippen LogP) is 3.73. The number of aromatic nitrogens is 1. The van der Waals surface area contributed by atoms with Crippen molar-refractivity contribution in [2.75, 3.05) is 6.54 Å². The topological polar surface area (TPSA) is 53.4 Å². The Hall–Kier alpha value is -2.66. The second kappa shape index (κ2) is 7.75. The van der Waals surface area contributed by atoms with E-state index in [2.05, 4.69) is 17.1 Å². The van der Waals surface area contributed by atoms with Crippen LogP contribution in [0.4, 0.5) is 0 Å². The molecular weight excluding hydrogens is 320 g/mol. The number of nitrogens with zero attached hydrogens (tertiary/aromatic N) is 2. The first-order chi connectivity index (χ1) is 11.7. The Morgan fingerprint density at radius 3 is 2.46 bits per heavy atom. The van der Waals surface area contributed by atoms with E-state index in [1.54, 1.807) is 23.2 Å². The van der Waals surface area contributed by atoms with Crippen LogP contribution in [0.15, 0.2) is 66.2 Å². The van der Waals surface area contributed by atoms with E-state index in [1.807, 2.05) is 35.7 Å². The van der Waals surface area contributed by atoms with Crippen LogP contribution in [0.3, 0.4) is 0 Å². The maximum Gasteiger partial charge on any atom is 0.283 e. The van der Waals surface area contributed by atoms with E-state index in [0.717, 1.165) is 12.0 Å². The van der Waals surface area contributed by atoms with Crippen molar-refractivity contribution < 1.29 is 9.90 Å². The van der Waals surface area contributed by atoms with Crippen LogP contribution in [0.25, 0.3) is 0 Å². The van der Waals surface area contributed by atoms with Gasteiger partial charge >= 0.3 is 0 Å². The molecule has 0 radical (unpaired) electrons. The molecule has 0 atom stereocenters. The Labute approximate surface area is 145 Å². The summed E-state index contributed by atoms with van der Waals surface area (Å²) in [5.74, 6) is 0.162. The Bertz CT molecular complexity index is 771. The van der Waals surface area contributed by atoms with Gasteiger partial charge in [0, 0.05) is 24.7 Å². The van der Waals surface area contributed by atoms with Gasteiger partial charge in [0.25, 0.3) is 5.91 Å². The zero-order valence-electron chi connectivity index (χ0n) is 13.1. The first kappa shape index (κ1) is 16.2. The fourth-order valence-electron chi connectivity index (χ4n) is 2.45. The molecule has 0 aliphatic heterocycles. The SMILES string of the molecule is O=C(c1nccs1)N(CCc1ccccc1)Cc1ccc(O)cc1. The van der Waals surface area contributed by atoms with Gasteiger partial charge in [0.15, 0.2) is 5.01 Å². The zero-order valence-corrected chi connectivity index (χ0v) is 13.9. The molecule has 3 aromatic rings. The number of benzene rings is 2. The van der Waals surface area contributed by atoms with Gasteiger partial charge in [-0.15, -0.1) is 11.3 Å². The molecule has 0 aliphatic carbocycles. The van der Waals surface area contributed by atoms with Crippen molar-refractivity contribution in [2.45, 2.75) is 13.0 Å². The molecule has 1 amide bonds. The van der Waals surface area contributed by atoms with Crippen LogP contribution < -0.4 is 0 Å². The Kier molecular flexibility index (Phi) is 5.23. The van der Waals surface area contributed by atoms with Gasteiger partial charge in [-0.05, 0) is 29.7 Å². The Morgan fingerprint density at radius 2 is 1.79 bits per heavy atom. The van der Waals surface area contributed by atoms with E-state index < -0.39 is 0 Å². The lowest BCUT2D eigenvalue weighted by Crippen LogP contribution is -2.32. The van der Waals surface area contributed by atoms with Gasteiger partial charge in [0.2, 0.25) is 0 Å². The maximum atomic E-state index is 12.7. The first-order valence-corrected chi connectivity index (χ1v) is 8.61. The number of phenols is 1. The van der Waals surface area contributed by atoms with Crippen LogP contribution in [0.5, 0.6) is 5.75 Å². The molecule has 0 aliphatic rings. The van der Waals surface area contributed by atoms with Gasteiger partial charge < -0.3 is 10.0 Å². The summed E-state index contributed by atoms with van der Waals surface area (Å²) in [6.45, 7) is 1.11. The summed E-state index contributed by atoms with van der Waals surface area (Å²) in [5.41, 5.74) is 2.17. The third-order valence-electron chi connectivity index (χ3n) is 3.73. The fraction of sp³-hybridized carbons (Fsp3) is 0.158. The van der Waals surface area contributed by atoms with Gasteiger partial charge in [-0.3, -0.25) is 4.79 Å². The molecule has 0 spiro atoms. The van der Waals surface area contributed by atoms with Crippen molar-refractivity contribution in [2.24, 2.45) is 0 Å². The van der Waals surface area contributed by atoms with E-state index in [0.29, 0.717) is 18.1 Å². The summed E-state index contributed by atoms with van der Waals surface area (Å²) < 4.78 is 0. The molecule has 122 valence electrons. The molecule has 0 saturated carbocycles. The summed E-state index contributed by atoms with van der Waals surface area (Å²) >= 11 is 1.35. The van der Waals surface area contributed by atoms with E-state index >= 15 is 0 Å². The molecule has 0 saturated heterocycles. The van der Waals surface area contributed by atoms with Crippen LogP contribution in [0, 0.1) is 0 Å². The number of rotatable bonds is 6. The van der Waals surface area contributed by atoms with E-state index in [-0.39, 0.29) is 11.7 Å². The molecule has 2 aromatic carbocycles. The molecule has 5 heteroatoms. The lowest BCUT2D eigenvalue weighted by Gasteiger charge is -2.22. The molecule has 3 rings (SSSR count). The molecule has 1 heterocycles. The van der Waals surface area contributed by atoms with Crippen LogP contribution in [-0.4, -0.2) is 27.4 Å². The summed E-state index contributed by atoms with van der Waals surface area (Å²) in [6, 6.07) is 17.1. The number of amides is 1. The monoisotopic (exact) mass is 338 g/mol. The highest BCUT2D eigenvalue weighted by molar-refractivity contribution is 7.11. The van der Waals surface area contributed by atoms with E-state index in [4.69, 9.17) is 0 Å². The van der Waals surface area contributed by atoms with Gasteiger partial charge in [-0.1, -0.05) is 42.5 Å². The van der Waals surface area contributed by atoms with Crippen molar-refractivity contribution in [3.8, 4) is 5.75 Å². The fourth-order valence-corrected chi connectivity index (χ4v) is 3.05. The number of thiazole rings is 1. The average Bonchev–Trinajstić information content (AvgIpc) is 3.15. The smallest absolute Gasteiger partial charge is 0.283 e. The number of carbonyl (C=O) groups excluding carboxylic acids is 1. The van der Waals surface area contributed by atoms with Crippen molar-refractivity contribution in [1.82, 2.24) is 9.88 Å². The highest BCUT2D eigenvalue weighted by Crippen LogP contribution is 2.15. The van der Waals surface area contributed by atoms with Crippen molar-refractivity contribution in [3.05, 3.63) is 82.3 Å². The molecule has 0 bridgehead atoms. The number of aromatic hydroxyl groups is 1. The number of phenolic OH excluding ortho intramolecular Hbond substituents is 1. The minimum atomic E-state index is -0.0611. The number of hydrogen-bond donors (Lipinski definition) is 1. The van der Waals surface area contributed by atoms with E-state index in [9.17, 15) is 9.90 Å². The Balaban J connectivity index is 1.75. The van der Waals surface area contributed by atoms with Crippen molar-refractivity contribution in [1.29, 1.82) is 0 Å². The maximum absolute atomic E-state index is 12.7. The highest BCUT2D eigenvalue weighted by Gasteiger charge is 2.18. The van der Waals surface area contributed by atoms with E-state index in [1.165, 1.54) is 16.9 Å². The van der Waals surface area contributed by atoms with Gasteiger partial charge in [0.1, 0.15) is 5.75 Å². The second-order valence-electron chi connectivity index (χ2n) is 5.47.